The van der Waals surface area contributed by atoms with Crippen LogP contribution in [0.2, 0.25) is 0 Å². The zero-order valence-electron chi connectivity index (χ0n) is 13.8. The van der Waals surface area contributed by atoms with Crippen molar-refractivity contribution in [1.29, 1.82) is 0 Å². The lowest BCUT2D eigenvalue weighted by atomic mass is 9.70. The Balaban J connectivity index is 1.87. The molecule has 1 aromatic carbocycles. The SMILES string of the molecule is CC1CCN(C2CCC(C)(C)c3ccccc32)CC1CN. The van der Waals surface area contributed by atoms with Crippen LogP contribution in [0.15, 0.2) is 24.3 Å². The van der Waals surface area contributed by atoms with E-state index < -0.39 is 0 Å². The van der Waals surface area contributed by atoms with Gasteiger partial charge < -0.3 is 5.73 Å². The van der Waals surface area contributed by atoms with Gasteiger partial charge in [-0.1, -0.05) is 45.0 Å². The third-order valence-corrected chi connectivity index (χ3v) is 5.98. The molecule has 1 aromatic rings. The fourth-order valence-electron chi connectivity index (χ4n) is 4.34. The molecule has 0 radical (unpaired) electrons. The molecule has 1 heterocycles. The van der Waals surface area contributed by atoms with E-state index in [1.54, 1.807) is 11.1 Å². The average Bonchev–Trinajstić information content (AvgIpc) is 2.48. The van der Waals surface area contributed by atoms with Crippen molar-refractivity contribution in [2.24, 2.45) is 17.6 Å². The normalized spacial score (nSPS) is 32.7. The van der Waals surface area contributed by atoms with Crippen molar-refractivity contribution < 1.29 is 0 Å². The van der Waals surface area contributed by atoms with Crippen LogP contribution in [0.25, 0.3) is 0 Å². The Morgan fingerprint density at radius 1 is 1.24 bits per heavy atom. The first kappa shape index (κ1) is 15.1. The minimum Gasteiger partial charge on any atom is -0.330 e. The van der Waals surface area contributed by atoms with Crippen LogP contribution in [0.1, 0.15) is 57.2 Å². The predicted molar refractivity (Wildman–Crippen MR) is 89.3 cm³/mol. The van der Waals surface area contributed by atoms with Gasteiger partial charge in [0.15, 0.2) is 0 Å². The summed E-state index contributed by atoms with van der Waals surface area (Å²) in [4.78, 5) is 2.71. The molecule has 1 saturated heterocycles. The van der Waals surface area contributed by atoms with E-state index in [1.165, 1.54) is 32.4 Å². The zero-order chi connectivity index (χ0) is 15.0. The minimum absolute atomic E-state index is 0.323. The topological polar surface area (TPSA) is 29.3 Å². The van der Waals surface area contributed by atoms with Gasteiger partial charge in [-0.3, -0.25) is 4.90 Å². The molecule has 0 spiro atoms. The van der Waals surface area contributed by atoms with E-state index in [2.05, 4.69) is 49.9 Å². The maximum Gasteiger partial charge on any atom is 0.0351 e. The first-order valence-electron chi connectivity index (χ1n) is 8.56. The van der Waals surface area contributed by atoms with Crippen LogP contribution < -0.4 is 5.73 Å². The molecule has 1 aliphatic carbocycles. The van der Waals surface area contributed by atoms with Crippen molar-refractivity contribution in [2.75, 3.05) is 19.6 Å². The Hall–Kier alpha value is -0.860. The van der Waals surface area contributed by atoms with Gasteiger partial charge in [-0.05, 0) is 60.7 Å². The van der Waals surface area contributed by atoms with Gasteiger partial charge in [-0.25, -0.2) is 0 Å². The first-order valence-corrected chi connectivity index (χ1v) is 8.56. The van der Waals surface area contributed by atoms with E-state index in [0.29, 0.717) is 17.4 Å². The van der Waals surface area contributed by atoms with E-state index in [0.717, 1.165) is 12.5 Å². The second-order valence-electron chi connectivity index (χ2n) is 7.78. The second-order valence-corrected chi connectivity index (χ2v) is 7.78. The predicted octanol–water partition coefficient (Wildman–Crippen LogP) is 3.72. The molecule has 2 nitrogen and oxygen atoms in total. The van der Waals surface area contributed by atoms with Crippen LogP contribution in [0.3, 0.4) is 0 Å². The van der Waals surface area contributed by atoms with Crippen molar-refractivity contribution in [1.82, 2.24) is 4.90 Å². The molecule has 21 heavy (non-hydrogen) atoms. The van der Waals surface area contributed by atoms with Crippen LogP contribution in [0.5, 0.6) is 0 Å². The van der Waals surface area contributed by atoms with Gasteiger partial charge in [0, 0.05) is 12.6 Å². The molecule has 0 bridgehead atoms. The monoisotopic (exact) mass is 286 g/mol. The Morgan fingerprint density at radius 2 is 2.00 bits per heavy atom. The second kappa shape index (κ2) is 5.73. The number of hydrogen-bond donors (Lipinski definition) is 1. The van der Waals surface area contributed by atoms with Crippen molar-refractivity contribution in [3.63, 3.8) is 0 Å². The Labute approximate surface area is 129 Å². The van der Waals surface area contributed by atoms with Crippen LogP contribution in [0.4, 0.5) is 0 Å². The van der Waals surface area contributed by atoms with Crippen LogP contribution in [-0.2, 0) is 5.41 Å². The Bertz CT molecular complexity index is 494. The van der Waals surface area contributed by atoms with Gasteiger partial charge in [0.25, 0.3) is 0 Å². The average molecular weight is 286 g/mol. The summed E-state index contributed by atoms with van der Waals surface area (Å²) in [5.74, 6) is 1.45. The number of piperidine rings is 1. The highest BCUT2D eigenvalue weighted by Crippen LogP contribution is 2.44. The molecular formula is C19H30N2. The maximum absolute atomic E-state index is 6.00. The summed E-state index contributed by atoms with van der Waals surface area (Å²) >= 11 is 0. The molecule has 2 aliphatic rings. The number of nitrogens with zero attached hydrogens (tertiary/aromatic N) is 1. The van der Waals surface area contributed by atoms with Crippen LogP contribution in [0, 0.1) is 11.8 Å². The first-order chi connectivity index (χ1) is 10.0. The van der Waals surface area contributed by atoms with Crippen molar-refractivity contribution in [3.8, 4) is 0 Å². The lowest BCUT2D eigenvalue weighted by Crippen LogP contribution is -2.46. The Morgan fingerprint density at radius 3 is 2.76 bits per heavy atom. The van der Waals surface area contributed by atoms with Crippen molar-refractivity contribution >= 4 is 0 Å². The van der Waals surface area contributed by atoms with Gasteiger partial charge in [0.05, 0.1) is 0 Å². The molecule has 2 N–H and O–H groups in total. The van der Waals surface area contributed by atoms with Gasteiger partial charge in [0.2, 0.25) is 0 Å². The third kappa shape index (κ3) is 2.76. The summed E-state index contributed by atoms with van der Waals surface area (Å²) in [7, 11) is 0. The highest BCUT2D eigenvalue weighted by Gasteiger charge is 2.37. The lowest BCUT2D eigenvalue weighted by Gasteiger charge is -2.46. The Kier molecular flexibility index (Phi) is 4.11. The van der Waals surface area contributed by atoms with E-state index >= 15 is 0 Å². The number of likely N-dealkylation sites (tertiary alicyclic amines) is 1. The molecule has 0 saturated carbocycles. The van der Waals surface area contributed by atoms with Gasteiger partial charge in [0.1, 0.15) is 0 Å². The molecule has 1 fully saturated rings. The van der Waals surface area contributed by atoms with Crippen LogP contribution >= 0.6 is 0 Å². The maximum atomic E-state index is 6.00. The summed E-state index contributed by atoms with van der Waals surface area (Å²) in [6, 6.07) is 9.71. The third-order valence-electron chi connectivity index (χ3n) is 5.98. The highest BCUT2D eigenvalue weighted by molar-refractivity contribution is 5.38. The van der Waals surface area contributed by atoms with Crippen molar-refractivity contribution in [3.05, 3.63) is 35.4 Å². The zero-order valence-corrected chi connectivity index (χ0v) is 13.8. The molecule has 116 valence electrons. The van der Waals surface area contributed by atoms with E-state index in [1.807, 2.05) is 0 Å². The largest absolute Gasteiger partial charge is 0.330 e. The lowest BCUT2D eigenvalue weighted by molar-refractivity contribution is 0.0768. The number of nitrogens with two attached hydrogens (primary N) is 1. The van der Waals surface area contributed by atoms with E-state index in [4.69, 9.17) is 5.73 Å². The molecule has 0 amide bonds. The summed E-state index contributed by atoms with van der Waals surface area (Å²) < 4.78 is 0. The number of hydrogen-bond acceptors (Lipinski definition) is 2. The van der Waals surface area contributed by atoms with E-state index in [9.17, 15) is 0 Å². The quantitative estimate of drug-likeness (QED) is 0.898. The minimum atomic E-state index is 0.323. The van der Waals surface area contributed by atoms with Gasteiger partial charge in [-0.15, -0.1) is 0 Å². The molecule has 1 aliphatic heterocycles. The number of fused-ring (bicyclic) bond motifs is 1. The molecule has 3 unspecified atom stereocenters. The summed E-state index contributed by atoms with van der Waals surface area (Å²) in [5.41, 5.74) is 9.45. The van der Waals surface area contributed by atoms with Crippen LogP contribution in [-0.4, -0.2) is 24.5 Å². The van der Waals surface area contributed by atoms with Gasteiger partial charge in [-0.2, -0.15) is 0 Å². The number of benzene rings is 1. The molecule has 3 atom stereocenters. The smallest absolute Gasteiger partial charge is 0.0351 e. The summed E-state index contributed by atoms with van der Waals surface area (Å²) in [6.45, 7) is 10.4. The molecular weight excluding hydrogens is 256 g/mol. The standard InChI is InChI=1S/C19H30N2/c1-14-9-11-21(13-15(14)12-20)18-8-10-19(2,3)17-7-5-4-6-16(17)18/h4-7,14-15,18H,8-13,20H2,1-3H3. The van der Waals surface area contributed by atoms with Gasteiger partial charge >= 0.3 is 0 Å². The summed E-state index contributed by atoms with van der Waals surface area (Å²) in [6.07, 6.45) is 3.87. The summed E-state index contributed by atoms with van der Waals surface area (Å²) in [5, 5.41) is 0. The van der Waals surface area contributed by atoms with E-state index in [-0.39, 0.29) is 0 Å². The van der Waals surface area contributed by atoms with Crippen molar-refractivity contribution in [2.45, 2.75) is 51.5 Å². The molecule has 3 rings (SSSR count). The highest BCUT2D eigenvalue weighted by atomic mass is 15.2. The fourth-order valence-corrected chi connectivity index (χ4v) is 4.34. The molecule has 2 heteroatoms. The molecule has 0 aromatic heterocycles. The fraction of sp³-hybridized carbons (Fsp3) is 0.684. The number of rotatable bonds is 2.